The summed E-state index contributed by atoms with van der Waals surface area (Å²) in [6, 6.07) is 0. The lowest BCUT2D eigenvalue weighted by Crippen LogP contribution is -2.22. The molecule has 0 atom stereocenters. The van der Waals surface area contributed by atoms with Gasteiger partial charge in [0.25, 0.3) is 5.91 Å². The van der Waals surface area contributed by atoms with Gasteiger partial charge in [-0.2, -0.15) is 5.10 Å². The van der Waals surface area contributed by atoms with Crippen molar-refractivity contribution in [1.82, 2.24) is 20.1 Å². The molecule has 17 heavy (non-hydrogen) atoms. The minimum Gasteiger partial charge on any atom is -0.343 e. The van der Waals surface area contributed by atoms with Crippen LogP contribution in [0.15, 0.2) is 0 Å². The first-order valence-electron chi connectivity index (χ1n) is 4.83. The first-order valence-corrected chi connectivity index (χ1v) is 5.65. The average molecular weight is 253 g/mol. The van der Waals surface area contributed by atoms with E-state index in [0.29, 0.717) is 21.2 Å². The number of anilines is 1. The number of H-pyrrole nitrogens is 1. The Kier molecular flexibility index (Phi) is 2.80. The zero-order chi connectivity index (χ0) is 12.6. The van der Waals surface area contributed by atoms with Gasteiger partial charge in [-0.3, -0.25) is 14.7 Å². The third-order valence-electron chi connectivity index (χ3n) is 2.01. The summed E-state index contributed by atoms with van der Waals surface area (Å²) in [7, 11) is 3.30. The number of fused-ring (bicyclic) bond motifs is 1. The fourth-order valence-corrected chi connectivity index (χ4v) is 2.22. The van der Waals surface area contributed by atoms with Gasteiger partial charge in [-0.15, -0.1) is 0 Å². The van der Waals surface area contributed by atoms with Crippen molar-refractivity contribution in [3.63, 3.8) is 0 Å². The van der Waals surface area contributed by atoms with Crippen molar-refractivity contribution < 1.29 is 9.59 Å². The van der Waals surface area contributed by atoms with Crippen LogP contribution >= 0.6 is 11.3 Å². The Morgan fingerprint density at radius 3 is 2.71 bits per heavy atom. The number of nitrogens with zero attached hydrogens (tertiary/aromatic N) is 3. The molecule has 0 radical (unpaired) electrons. The van der Waals surface area contributed by atoms with E-state index in [2.05, 4.69) is 20.5 Å². The van der Waals surface area contributed by atoms with Gasteiger partial charge in [0, 0.05) is 21.0 Å². The lowest BCUT2D eigenvalue weighted by atomic mass is 10.4. The second-order valence-corrected chi connectivity index (χ2v) is 4.65. The molecule has 2 heterocycles. The fraction of sp³-hybridized carbons (Fsp3) is 0.333. The molecule has 0 aliphatic heterocycles. The van der Waals surface area contributed by atoms with E-state index in [-0.39, 0.29) is 11.8 Å². The number of hydrogen-bond acceptors (Lipinski definition) is 5. The van der Waals surface area contributed by atoms with E-state index in [1.807, 2.05) is 0 Å². The van der Waals surface area contributed by atoms with Gasteiger partial charge in [0.15, 0.2) is 16.5 Å². The first-order chi connectivity index (χ1) is 7.99. The number of thiazole rings is 1. The largest absolute Gasteiger partial charge is 0.343 e. The molecule has 90 valence electrons. The Labute approximate surface area is 101 Å². The van der Waals surface area contributed by atoms with Crippen LogP contribution in [0.25, 0.3) is 10.3 Å². The standard InChI is InChI=1S/C9H11N5O2S/c1-4(15)10-9-11-7-6(17-9)5(12-13-7)8(16)14(2)3/h1-3H3,(H2,10,11,12,13,15). The Bertz CT molecular complexity index is 585. The highest BCUT2D eigenvalue weighted by molar-refractivity contribution is 7.22. The molecule has 7 nitrogen and oxygen atoms in total. The minimum atomic E-state index is -0.200. The van der Waals surface area contributed by atoms with Crippen LogP contribution in [0.1, 0.15) is 17.4 Å². The Morgan fingerprint density at radius 2 is 2.12 bits per heavy atom. The summed E-state index contributed by atoms with van der Waals surface area (Å²) in [5.74, 6) is -0.399. The van der Waals surface area contributed by atoms with Crippen LogP contribution in [0.4, 0.5) is 5.13 Å². The van der Waals surface area contributed by atoms with Crippen LogP contribution in [0.5, 0.6) is 0 Å². The second kappa shape index (κ2) is 4.13. The van der Waals surface area contributed by atoms with Gasteiger partial charge in [0.05, 0.1) is 0 Å². The van der Waals surface area contributed by atoms with Gasteiger partial charge >= 0.3 is 0 Å². The first kappa shape index (κ1) is 11.5. The van der Waals surface area contributed by atoms with E-state index in [9.17, 15) is 9.59 Å². The Balaban J connectivity index is 2.42. The van der Waals surface area contributed by atoms with E-state index < -0.39 is 0 Å². The number of rotatable bonds is 2. The highest BCUT2D eigenvalue weighted by atomic mass is 32.1. The molecule has 0 unspecified atom stereocenters. The summed E-state index contributed by atoms with van der Waals surface area (Å²) in [5, 5.41) is 9.61. The molecular weight excluding hydrogens is 242 g/mol. The topological polar surface area (TPSA) is 91.0 Å². The van der Waals surface area contributed by atoms with Gasteiger partial charge in [-0.05, 0) is 0 Å². The van der Waals surface area contributed by atoms with Crippen LogP contribution in [0, 0.1) is 0 Å². The van der Waals surface area contributed by atoms with Crippen molar-refractivity contribution >= 4 is 38.6 Å². The smallest absolute Gasteiger partial charge is 0.275 e. The highest BCUT2D eigenvalue weighted by Gasteiger charge is 2.19. The van der Waals surface area contributed by atoms with E-state index in [1.165, 1.54) is 23.2 Å². The van der Waals surface area contributed by atoms with Gasteiger partial charge in [0.2, 0.25) is 5.91 Å². The molecule has 0 aliphatic rings. The molecule has 2 rings (SSSR count). The number of carbonyl (C=O) groups is 2. The van der Waals surface area contributed by atoms with E-state index >= 15 is 0 Å². The van der Waals surface area contributed by atoms with Crippen molar-refractivity contribution in [2.24, 2.45) is 0 Å². The third kappa shape index (κ3) is 2.11. The summed E-state index contributed by atoms with van der Waals surface area (Å²) in [6.07, 6.45) is 0. The zero-order valence-corrected chi connectivity index (χ0v) is 10.4. The summed E-state index contributed by atoms with van der Waals surface area (Å²) >= 11 is 1.22. The number of hydrogen-bond donors (Lipinski definition) is 2. The quantitative estimate of drug-likeness (QED) is 0.823. The molecule has 2 aromatic rings. The van der Waals surface area contributed by atoms with Crippen molar-refractivity contribution in [3.8, 4) is 0 Å². The molecule has 0 bridgehead atoms. The van der Waals surface area contributed by atoms with E-state index in [4.69, 9.17) is 0 Å². The molecule has 8 heteroatoms. The van der Waals surface area contributed by atoms with E-state index in [0.717, 1.165) is 0 Å². The van der Waals surface area contributed by atoms with Crippen LogP contribution in [0.2, 0.25) is 0 Å². The van der Waals surface area contributed by atoms with Crippen LogP contribution in [0.3, 0.4) is 0 Å². The van der Waals surface area contributed by atoms with Crippen molar-refractivity contribution in [2.45, 2.75) is 6.92 Å². The summed E-state index contributed by atoms with van der Waals surface area (Å²) in [5.41, 5.74) is 0.822. The van der Waals surface area contributed by atoms with Gasteiger partial charge in [-0.25, -0.2) is 4.98 Å². The Morgan fingerprint density at radius 1 is 1.41 bits per heavy atom. The minimum absolute atomic E-state index is 0.199. The average Bonchev–Trinajstić information content (AvgIpc) is 2.74. The maximum Gasteiger partial charge on any atom is 0.275 e. The normalized spacial score (nSPS) is 10.5. The summed E-state index contributed by atoms with van der Waals surface area (Å²) in [6.45, 7) is 1.40. The van der Waals surface area contributed by atoms with Crippen molar-refractivity contribution in [2.75, 3.05) is 19.4 Å². The molecule has 2 N–H and O–H groups in total. The number of amides is 2. The van der Waals surface area contributed by atoms with Crippen molar-refractivity contribution in [1.29, 1.82) is 0 Å². The number of aromatic nitrogens is 3. The maximum absolute atomic E-state index is 11.8. The molecule has 0 aromatic carbocycles. The lowest BCUT2D eigenvalue weighted by Gasteiger charge is -2.06. The monoisotopic (exact) mass is 253 g/mol. The molecule has 0 fully saturated rings. The van der Waals surface area contributed by atoms with Gasteiger partial charge in [0.1, 0.15) is 4.70 Å². The molecule has 0 spiro atoms. The third-order valence-corrected chi connectivity index (χ3v) is 2.99. The molecule has 0 aliphatic carbocycles. The number of nitrogens with one attached hydrogen (secondary N) is 2. The fourth-order valence-electron chi connectivity index (χ4n) is 1.28. The second-order valence-electron chi connectivity index (χ2n) is 3.65. The van der Waals surface area contributed by atoms with Gasteiger partial charge in [-0.1, -0.05) is 11.3 Å². The lowest BCUT2D eigenvalue weighted by molar-refractivity contribution is -0.114. The zero-order valence-electron chi connectivity index (χ0n) is 9.57. The van der Waals surface area contributed by atoms with E-state index in [1.54, 1.807) is 14.1 Å². The summed E-state index contributed by atoms with van der Waals surface area (Å²) < 4.78 is 0.646. The van der Waals surface area contributed by atoms with Crippen LogP contribution in [-0.4, -0.2) is 46.0 Å². The molecular formula is C9H11N5O2S. The van der Waals surface area contributed by atoms with Crippen LogP contribution in [-0.2, 0) is 4.79 Å². The molecule has 0 saturated heterocycles. The van der Waals surface area contributed by atoms with Gasteiger partial charge < -0.3 is 10.2 Å². The maximum atomic E-state index is 11.8. The predicted molar refractivity (Wildman–Crippen MR) is 64.1 cm³/mol. The Hall–Kier alpha value is -1.96. The number of aromatic amines is 1. The molecule has 2 amide bonds. The predicted octanol–water partition coefficient (Wildman–Crippen LogP) is 0.680. The van der Waals surface area contributed by atoms with Crippen LogP contribution < -0.4 is 5.32 Å². The molecule has 0 saturated carbocycles. The SMILES string of the molecule is CC(=O)Nc1nc2[nH]nc(C(=O)N(C)C)c2s1. The van der Waals surface area contributed by atoms with Crippen molar-refractivity contribution in [3.05, 3.63) is 5.69 Å². The summed E-state index contributed by atoms with van der Waals surface area (Å²) in [4.78, 5) is 28.2. The molecule has 2 aromatic heterocycles. The number of carbonyl (C=O) groups excluding carboxylic acids is 2. The highest BCUT2D eigenvalue weighted by Crippen LogP contribution is 2.27.